The molecule has 0 radical (unpaired) electrons. The Morgan fingerprint density at radius 2 is 2.12 bits per heavy atom. The molecular formula is C15H12F2IN5O2S. The van der Waals surface area contributed by atoms with Crippen LogP contribution in [0.25, 0.3) is 10.2 Å². The summed E-state index contributed by atoms with van der Waals surface area (Å²) in [5.74, 6) is -1.27. The van der Waals surface area contributed by atoms with E-state index in [1.165, 1.54) is 16.9 Å². The number of hydrogen-bond donors (Lipinski definition) is 2. The standard InChI is InChI=1S/C15H12F2IN5O2S/c1-5-3-7(12(16)17)21-15-8(5)9(11(26-15)13(19)24)22-14(25)10-6(18)4-20-23(10)2/h3-4,12H,1-2H3,(H2,19,24)(H,22,25). The van der Waals surface area contributed by atoms with E-state index in [2.05, 4.69) is 15.4 Å². The van der Waals surface area contributed by atoms with Crippen molar-refractivity contribution in [2.75, 3.05) is 5.32 Å². The van der Waals surface area contributed by atoms with Crippen LogP contribution in [0.4, 0.5) is 14.5 Å². The number of nitrogens with zero attached hydrogens (tertiary/aromatic N) is 3. The van der Waals surface area contributed by atoms with Gasteiger partial charge >= 0.3 is 0 Å². The molecule has 0 aliphatic heterocycles. The van der Waals surface area contributed by atoms with Crippen molar-refractivity contribution in [1.29, 1.82) is 0 Å². The van der Waals surface area contributed by atoms with Crippen LogP contribution in [0.2, 0.25) is 0 Å². The van der Waals surface area contributed by atoms with Crippen molar-refractivity contribution in [2.45, 2.75) is 13.3 Å². The topological polar surface area (TPSA) is 103 Å². The number of aryl methyl sites for hydroxylation is 2. The van der Waals surface area contributed by atoms with Gasteiger partial charge in [0.2, 0.25) is 0 Å². The molecular weight excluding hydrogens is 479 g/mol. The first-order valence-electron chi connectivity index (χ1n) is 7.21. The fourth-order valence-corrected chi connectivity index (χ4v) is 4.33. The van der Waals surface area contributed by atoms with Gasteiger partial charge in [-0.15, -0.1) is 11.3 Å². The minimum Gasteiger partial charge on any atom is -0.365 e. The summed E-state index contributed by atoms with van der Waals surface area (Å²) in [6.07, 6.45) is -1.22. The van der Waals surface area contributed by atoms with Gasteiger partial charge in [-0.25, -0.2) is 13.8 Å². The Kier molecular flexibility index (Phi) is 4.92. The minimum atomic E-state index is -2.74. The highest BCUT2D eigenvalue weighted by molar-refractivity contribution is 14.1. The molecule has 3 rings (SSSR count). The average Bonchev–Trinajstić information content (AvgIpc) is 3.08. The maximum atomic E-state index is 13.0. The lowest BCUT2D eigenvalue weighted by Gasteiger charge is -2.09. The van der Waals surface area contributed by atoms with Gasteiger partial charge < -0.3 is 11.1 Å². The first kappa shape index (κ1) is 18.6. The van der Waals surface area contributed by atoms with Crippen molar-refractivity contribution < 1.29 is 18.4 Å². The molecule has 3 aromatic rings. The lowest BCUT2D eigenvalue weighted by molar-refractivity contribution is 0.100. The van der Waals surface area contributed by atoms with Crippen molar-refractivity contribution in [3.63, 3.8) is 0 Å². The van der Waals surface area contributed by atoms with Gasteiger partial charge in [-0.2, -0.15) is 5.10 Å². The van der Waals surface area contributed by atoms with Crippen LogP contribution in [0, 0.1) is 10.5 Å². The maximum Gasteiger partial charge on any atom is 0.280 e. The molecule has 11 heteroatoms. The number of nitrogens with one attached hydrogen (secondary N) is 1. The number of alkyl halides is 2. The summed E-state index contributed by atoms with van der Waals surface area (Å²) in [6.45, 7) is 1.61. The zero-order valence-corrected chi connectivity index (χ0v) is 16.5. The summed E-state index contributed by atoms with van der Waals surface area (Å²) in [5.41, 5.74) is 5.94. The minimum absolute atomic E-state index is 0.0487. The third-order valence-electron chi connectivity index (χ3n) is 3.67. The molecule has 0 spiro atoms. The number of aromatic nitrogens is 3. The van der Waals surface area contributed by atoms with Gasteiger partial charge in [0.25, 0.3) is 18.2 Å². The third-order valence-corrected chi connectivity index (χ3v) is 5.56. The van der Waals surface area contributed by atoms with Crippen LogP contribution in [0.3, 0.4) is 0 Å². The van der Waals surface area contributed by atoms with Gasteiger partial charge in [0.15, 0.2) is 0 Å². The number of pyridine rings is 1. The van der Waals surface area contributed by atoms with Gasteiger partial charge in [-0.1, -0.05) is 0 Å². The number of anilines is 1. The lowest BCUT2D eigenvalue weighted by Crippen LogP contribution is -2.20. The highest BCUT2D eigenvalue weighted by Gasteiger charge is 2.25. The zero-order valence-electron chi connectivity index (χ0n) is 13.5. The van der Waals surface area contributed by atoms with Crippen LogP contribution in [-0.4, -0.2) is 26.6 Å². The number of carbonyl (C=O) groups excluding carboxylic acids is 2. The normalized spacial score (nSPS) is 11.3. The Hall–Kier alpha value is -2.15. The van der Waals surface area contributed by atoms with Crippen LogP contribution >= 0.6 is 33.9 Å². The molecule has 0 saturated carbocycles. The van der Waals surface area contributed by atoms with E-state index in [0.717, 1.165) is 11.3 Å². The smallest absolute Gasteiger partial charge is 0.280 e. The van der Waals surface area contributed by atoms with E-state index in [0.29, 0.717) is 20.2 Å². The summed E-state index contributed by atoms with van der Waals surface area (Å²) < 4.78 is 28.0. The van der Waals surface area contributed by atoms with Crippen molar-refractivity contribution >= 4 is 61.6 Å². The number of amides is 2. The molecule has 136 valence electrons. The Bertz CT molecular complexity index is 1030. The largest absolute Gasteiger partial charge is 0.365 e. The number of hydrogen-bond acceptors (Lipinski definition) is 5. The SMILES string of the molecule is Cc1cc(C(F)F)nc2sc(C(N)=O)c(NC(=O)c3c(I)cnn3C)c12. The first-order valence-corrected chi connectivity index (χ1v) is 9.11. The molecule has 0 atom stereocenters. The second-order valence-corrected chi connectivity index (χ2v) is 7.60. The summed E-state index contributed by atoms with van der Waals surface area (Å²) in [6, 6.07) is 1.23. The third kappa shape index (κ3) is 3.16. The van der Waals surface area contributed by atoms with E-state index < -0.39 is 23.9 Å². The fourth-order valence-electron chi connectivity index (χ4n) is 2.55. The number of fused-ring (bicyclic) bond motifs is 1. The molecule has 0 aliphatic carbocycles. The molecule has 0 aliphatic rings. The fraction of sp³-hybridized carbons (Fsp3) is 0.200. The van der Waals surface area contributed by atoms with E-state index in [-0.39, 0.29) is 15.4 Å². The van der Waals surface area contributed by atoms with Crippen molar-refractivity contribution in [3.05, 3.63) is 37.7 Å². The molecule has 0 unspecified atom stereocenters. The van der Waals surface area contributed by atoms with Gasteiger partial charge in [0.05, 0.1) is 15.5 Å². The summed E-state index contributed by atoms with van der Waals surface area (Å²) in [4.78, 5) is 28.6. The molecule has 0 saturated heterocycles. The van der Waals surface area contributed by atoms with E-state index >= 15 is 0 Å². The Morgan fingerprint density at radius 3 is 2.65 bits per heavy atom. The second-order valence-electron chi connectivity index (χ2n) is 5.43. The quantitative estimate of drug-likeness (QED) is 0.548. The van der Waals surface area contributed by atoms with Crippen LogP contribution in [0.15, 0.2) is 12.3 Å². The Balaban J connectivity index is 2.16. The van der Waals surface area contributed by atoms with Crippen LogP contribution in [0.5, 0.6) is 0 Å². The van der Waals surface area contributed by atoms with E-state index in [1.807, 2.05) is 22.6 Å². The first-order chi connectivity index (χ1) is 12.2. The highest BCUT2D eigenvalue weighted by atomic mass is 127. The molecule has 0 bridgehead atoms. The van der Waals surface area contributed by atoms with Gasteiger partial charge in [0.1, 0.15) is 21.1 Å². The number of rotatable bonds is 4. The van der Waals surface area contributed by atoms with Crippen LogP contribution < -0.4 is 11.1 Å². The number of thiophene rings is 1. The Morgan fingerprint density at radius 1 is 1.42 bits per heavy atom. The molecule has 2 amide bonds. The summed E-state index contributed by atoms with van der Waals surface area (Å²) in [7, 11) is 1.61. The predicted octanol–water partition coefficient (Wildman–Crippen LogP) is 3.23. The average molecular weight is 491 g/mol. The maximum absolute atomic E-state index is 13.0. The predicted molar refractivity (Wildman–Crippen MR) is 102 cm³/mol. The number of carbonyl (C=O) groups is 2. The number of primary amides is 1. The van der Waals surface area contributed by atoms with Gasteiger partial charge in [-0.3, -0.25) is 14.3 Å². The molecule has 0 fully saturated rings. The van der Waals surface area contributed by atoms with Crippen molar-refractivity contribution in [1.82, 2.24) is 14.8 Å². The van der Waals surface area contributed by atoms with E-state index in [9.17, 15) is 18.4 Å². The van der Waals surface area contributed by atoms with Gasteiger partial charge in [0, 0.05) is 12.4 Å². The Labute approximate surface area is 163 Å². The van der Waals surface area contributed by atoms with Crippen molar-refractivity contribution in [2.24, 2.45) is 12.8 Å². The number of halogens is 3. The molecule has 26 heavy (non-hydrogen) atoms. The summed E-state index contributed by atoms with van der Waals surface area (Å²) in [5, 5.41) is 7.08. The van der Waals surface area contributed by atoms with Crippen molar-refractivity contribution in [3.8, 4) is 0 Å². The molecule has 7 nitrogen and oxygen atoms in total. The van der Waals surface area contributed by atoms with E-state index in [4.69, 9.17) is 5.73 Å². The molecule has 0 aromatic carbocycles. The number of nitrogens with two attached hydrogens (primary N) is 1. The molecule has 3 N–H and O–H groups in total. The molecule has 3 heterocycles. The second kappa shape index (κ2) is 6.87. The zero-order chi connectivity index (χ0) is 19.2. The highest BCUT2D eigenvalue weighted by Crippen LogP contribution is 2.38. The van der Waals surface area contributed by atoms with Gasteiger partial charge in [-0.05, 0) is 41.1 Å². The van der Waals surface area contributed by atoms with E-state index in [1.54, 1.807) is 14.0 Å². The summed E-state index contributed by atoms with van der Waals surface area (Å²) >= 11 is 2.83. The molecule has 3 aromatic heterocycles. The monoisotopic (exact) mass is 491 g/mol. The lowest BCUT2D eigenvalue weighted by atomic mass is 10.1. The van der Waals surface area contributed by atoms with Crippen LogP contribution in [-0.2, 0) is 7.05 Å². The van der Waals surface area contributed by atoms with Crippen LogP contribution in [0.1, 0.15) is 37.8 Å².